The van der Waals surface area contributed by atoms with Crippen LogP contribution in [0.5, 0.6) is 0 Å². The highest BCUT2D eigenvalue weighted by Crippen LogP contribution is 2.17. The van der Waals surface area contributed by atoms with Crippen LogP contribution in [-0.2, 0) is 0 Å². The van der Waals surface area contributed by atoms with Crippen molar-refractivity contribution in [3.05, 3.63) is 71.0 Å². The summed E-state index contributed by atoms with van der Waals surface area (Å²) >= 11 is 0. The number of benzene rings is 2. The summed E-state index contributed by atoms with van der Waals surface area (Å²) in [6.07, 6.45) is 0. The second-order valence-electron chi connectivity index (χ2n) is 4.27. The monoisotopic (exact) mass is 243 g/mol. The molecular weight excluding hydrogens is 229 g/mol. The van der Waals surface area contributed by atoms with E-state index in [-0.39, 0.29) is 5.78 Å². The molecule has 0 aliphatic carbocycles. The summed E-state index contributed by atoms with van der Waals surface area (Å²) < 4.78 is 13.3. The molecule has 92 valence electrons. The smallest absolute Gasteiger partial charge is 0.184 e. The summed E-state index contributed by atoms with van der Waals surface area (Å²) in [5.41, 5.74) is 7.64. The molecule has 2 N–H and O–H groups in total. The van der Waals surface area contributed by atoms with Gasteiger partial charge in [0.2, 0.25) is 0 Å². The highest BCUT2D eigenvalue weighted by molar-refractivity contribution is 6.00. The van der Waals surface area contributed by atoms with E-state index in [1.807, 2.05) is 18.2 Å². The summed E-state index contributed by atoms with van der Waals surface area (Å²) in [6, 6.07) is 12.6. The fourth-order valence-electron chi connectivity index (χ4n) is 1.87. The maximum absolute atomic E-state index is 13.3. The molecule has 2 nitrogen and oxygen atoms in total. The predicted molar refractivity (Wildman–Crippen MR) is 68.8 cm³/mol. The standard InChI is InChI=1S/C15H14FNO/c1-10-7-12(9-13(16)8-10)15(18)14(17)11-5-3-2-4-6-11/h2-9,14H,17H2,1H3/t14-/m1/s1. The van der Waals surface area contributed by atoms with Gasteiger partial charge in [-0.25, -0.2) is 4.39 Å². The van der Waals surface area contributed by atoms with E-state index >= 15 is 0 Å². The molecule has 0 bridgehead atoms. The van der Waals surface area contributed by atoms with Crippen LogP contribution in [0.4, 0.5) is 4.39 Å². The molecule has 2 aromatic carbocycles. The number of carbonyl (C=O) groups is 1. The Morgan fingerprint density at radius 3 is 2.44 bits per heavy atom. The normalized spacial score (nSPS) is 12.2. The number of carbonyl (C=O) groups excluding carboxylic acids is 1. The Bertz CT molecular complexity index is 546. The van der Waals surface area contributed by atoms with Crippen molar-refractivity contribution in [2.45, 2.75) is 13.0 Å². The molecule has 0 amide bonds. The van der Waals surface area contributed by atoms with Crippen LogP contribution >= 0.6 is 0 Å². The summed E-state index contributed by atoms with van der Waals surface area (Å²) in [7, 11) is 0. The molecule has 0 saturated carbocycles. The Labute approximate surface area is 105 Å². The van der Waals surface area contributed by atoms with Gasteiger partial charge in [0.25, 0.3) is 0 Å². The molecule has 0 unspecified atom stereocenters. The van der Waals surface area contributed by atoms with Gasteiger partial charge < -0.3 is 5.73 Å². The minimum atomic E-state index is -0.757. The number of hydrogen-bond donors (Lipinski definition) is 1. The zero-order valence-corrected chi connectivity index (χ0v) is 10.1. The van der Waals surface area contributed by atoms with Gasteiger partial charge in [-0.05, 0) is 36.2 Å². The predicted octanol–water partition coefficient (Wildman–Crippen LogP) is 3.02. The maximum atomic E-state index is 13.3. The van der Waals surface area contributed by atoms with E-state index in [4.69, 9.17) is 5.73 Å². The van der Waals surface area contributed by atoms with Crippen LogP contribution in [0.15, 0.2) is 48.5 Å². The first kappa shape index (κ1) is 12.5. The van der Waals surface area contributed by atoms with Crippen molar-refractivity contribution in [3.63, 3.8) is 0 Å². The van der Waals surface area contributed by atoms with E-state index in [0.717, 1.165) is 5.56 Å². The first-order chi connectivity index (χ1) is 8.58. The summed E-state index contributed by atoms with van der Waals surface area (Å²) in [4.78, 5) is 12.2. The minimum absolute atomic E-state index is 0.274. The van der Waals surface area contributed by atoms with Gasteiger partial charge >= 0.3 is 0 Å². The number of aryl methyl sites for hydroxylation is 1. The van der Waals surface area contributed by atoms with Crippen LogP contribution in [0.3, 0.4) is 0 Å². The van der Waals surface area contributed by atoms with Crippen molar-refractivity contribution in [1.82, 2.24) is 0 Å². The lowest BCUT2D eigenvalue weighted by atomic mass is 9.97. The topological polar surface area (TPSA) is 43.1 Å². The molecular formula is C15H14FNO. The second-order valence-corrected chi connectivity index (χ2v) is 4.27. The molecule has 2 rings (SSSR count). The van der Waals surface area contributed by atoms with E-state index in [0.29, 0.717) is 11.1 Å². The quantitative estimate of drug-likeness (QED) is 0.842. The minimum Gasteiger partial charge on any atom is -0.318 e. The van der Waals surface area contributed by atoms with Gasteiger partial charge in [0.1, 0.15) is 5.82 Å². The van der Waals surface area contributed by atoms with Crippen molar-refractivity contribution in [2.75, 3.05) is 0 Å². The van der Waals surface area contributed by atoms with Crippen LogP contribution in [-0.4, -0.2) is 5.78 Å². The van der Waals surface area contributed by atoms with Gasteiger partial charge in [-0.15, -0.1) is 0 Å². The van der Waals surface area contributed by atoms with Gasteiger partial charge in [-0.1, -0.05) is 30.3 Å². The van der Waals surface area contributed by atoms with E-state index in [2.05, 4.69) is 0 Å². The average Bonchev–Trinajstić information content (AvgIpc) is 2.37. The fourth-order valence-corrected chi connectivity index (χ4v) is 1.87. The molecule has 2 aromatic rings. The number of ketones is 1. The van der Waals surface area contributed by atoms with Gasteiger partial charge in [-0.3, -0.25) is 4.79 Å². The fraction of sp³-hybridized carbons (Fsp3) is 0.133. The third-order valence-electron chi connectivity index (χ3n) is 2.77. The van der Waals surface area contributed by atoms with Crippen LogP contribution in [0.1, 0.15) is 27.5 Å². The molecule has 0 heterocycles. The van der Waals surface area contributed by atoms with Gasteiger partial charge in [0, 0.05) is 5.56 Å². The highest BCUT2D eigenvalue weighted by atomic mass is 19.1. The Morgan fingerprint density at radius 1 is 1.17 bits per heavy atom. The van der Waals surface area contributed by atoms with E-state index in [9.17, 15) is 9.18 Å². The van der Waals surface area contributed by atoms with Gasteiger partial charge in [0.15, 0.2) is 5.78 Å². The molecule has 0 radical (unpaired) electrons. The molecule has 3 heteroatoms. The Kier molecular flexibility index (Phi) is 3.53. The lowest BCUT2D eigenvalue weighted by Crippen LogP contribution is -2.21. The van der Waals surface area contributed by atoms with Crippen molar-refractivity contribution < 1.29 is 9.18 Å². The van der Waals surface area contributed by atoms with E-state index < -0.39 is 11.9 Å². The Morgan fingerprint density at radius 2 is 1.83 bits per heavy atom. The number of rotatable bonds is 3. The summed E-state index contributed by atoms with van der Waals surface area (Å²) in [6.45, 7) is 1.74. The Balaban J connectivity index is 2.31. The molecule has 18 heavy (non-hydrogen) atoms. The van der Waals surface area contributed by atoms with Gasteiger partial charge in [-0.2, -0.15) is 0 Å². The van der Waals surface area contributed by atoms with E-state index in [1.165, 1.54) is 12.1 Å². The largest absolute Gasteiger partial charge is 0.318 e. The molecule has 1 atom stereocenters. The second kappa shape index (κ2) is 5.10. The lowest BCUT2D eigenvalue weighted by Gasteiger charge is -2.11. The van der Waals surface area contributed by atoms with Crippen molar-refractivity contribution in [3.8, 4) is 0 Å². The molecule has 0 aliphatic heterocycles. The zero-order valence-electron chi connectivity index (χ0n) is 10.1. The first-order valence-corrected chi connectivity index (χ1v) is 5.70. The lowest BCUT2D eigenvalue weighted by molar-refractivity contribution is 0.0961. The zero-order chi connectivity index (χ0) is 13.1. The molecule has 0 fully saturated rings. The van der Waals surface area contributed by atoms with Crippen molar-refractivity contribution in [1.29, 1.82) is 0 Å². The van der Waals surface area contributed by atoms with Crippen LogP contribution < -0.4 is 5.73 Å². The van der Waals surface area contributed by atoms with Crippen LogP contribution in [0, 0.1) is 12.7 Å². The third-order valence-corrected chi connectivity index (χ3v) is 2.77. The average molecular weight is 243 g/mol. The number of nitrogens with two attached hydrogens (primary N) is 1. The summed E-state index contributed by atoms with van der Waals surface area (Å²) in [5.74, 6) is -0.692. The number of halogens is 1. The van der Waals surface area contributed by atoms with E-state index in [1.54, 1.807) is 25.1 Å². The molecule has 0 saturated heterocycles. The molecule has 0 spiro atoms. The SMILES string of the molecule is Cc1cc(F)cc(C(=O)[C@H](N)c2ccccc2)c1. The van der Waals surface area contributed by atoms with Gasteiger partial charge in [0.05, 0.1) is 6.04 Å². The van der Waals surface area contributed by atoms with Crippen molar-refractivity contribution in [2.24, 2.45) is 5.73 Å². The Hall–Kier alpha value is -2.00. The van der Waals surface area contributed by atoms with Crippen LogP contribution in [0.25, 0.3) is 0 Å². The summed E-state index contributed by atoms with van der Waals surface area (Å²) in [5, 5.41) is 0. The van der Waals surface area contributed by atoms with Crippen molar-refractivity contribution >= 4 is 5.78 Å². The third kappa shape index (κ3) is 2.63. The van der Waals surface area contributed by atoms with Crippen LogP contribution in [0.2, 0.25) is 0 Å². The molecule has 0 aliphatic rings. The highest BCUT2D eigenvalue weighted by Gasteiger charge is 2.18. The first-order valence-electron chi connectivity index (χ1n) is 5.70. The number of Topliss-reactive ketones (excluding diaryl/α,β-unsaturated/α-hetero) is 1. The number of hydrogen-bond acceptors (Lipinski definition) is 2. The maximum Gasteiger partial charge on any atom is 0.184 e. The molecule has 0 aromatic heterocycles.